The van der Waals surface area contributed by atoms with Gasteiger partial charge in [0.05, 0.1) is 13.2 Å². The molecule has 9 heteroatoms. The monoisotopic (exact) mass is 395 g/mol. The van der Waals surface area contributed by atoms with E-state index in [0.29, 0.717) is 17.3 Å². The first kappa shape index (κ1) is 20.0. The van der Waals surface area contributed by atoms with Gasteiger partial charge in [0.1, 0.15) is 24.7 Å². The number of carbonyl (C=O) groups excluding carboxylic acids is 2. The molecule has 0 atom stereocenters. The maximum atomic E-state index is 12.0. The summed E-state index contributed by atoms with van der Waals surface area (Å²) in [5.74, 6) is 0.289. The highest BCUT2D eigenvalue weighted by Gasteiger charge is 2.16. The summed E-state index contributed by atoms with van der Waals surface area (Å²) in [6.07, 6.45) is 1.03. The van der Waals surface area contributed by atoms with E-state index >= 15 is 0 Å². The molecule has 0 bridgehead atoms. The SMILES string of the molecule is CCOC(=O)Cn1nc(-c2ccccn2)nc1CNC(=O)OCc1ccccc1. The van der Waals surface area contributed by atoms with Gasteiger partial charge in [-0.25, -0.2) is 14.5 Å². The summed E-state index contributed by atoms with van der Waals surface area (Å²) in [6, 6.07) is 14.7. The third-order valence-corrected chi connectivity index (χ3v) is 3.83. The van der Waals surface area contributed by atoms with E-state index in [9.17, 15) is 9.59 Å². The lowest BCUT2D eigenvalue weighted by Gasteiger charge is -2.08. The summed E-state index contributed by atoms with van der Waals surface area (Å²) in [5, 5.41) is 6.95. The van der Waals surface area contributed by atoms with E-state index in [0.717, 1.165) is 5.56 Å². The van der Waals surface area contributed by atoms with E-state index in [1.807, 2.05) is 36.4 Å². The Morgan fingerprint density at radius 1 is 1.07 bits per heavy atom. The van der Waals surface area contributed by atoms with Crippen LogP contribution in [0.15, 0.2) is 54.7 Å². The first-order valence-electron chi connectivity index (χ1n) is 9.11. The van der Waals surface area contributed by atoms with Crippen molar-refractivity contribution >= 4 is 12.1 Å². The normalized spacial score (nSPS) is 10.4. The fourth-order valence-electron chi connectivity index (χ4n) is 2.49. The van der Waals surface area contributed by atoms with Crippen LogP contribution in [0.4, 0.5) is 4.79 Å². The zero-order valence-electron chi connectivity index (χ0n) is 15.9. The number of amides is 1. The van der Waals surface area contributed by atoms with Crippen molar-refractivity contribution < 1.29 is 19.1 Å². The minimum atomic E-state index is -0.598. The van der Waals surface area contributed by atoms with Crippen LogP contribution in [0.25, 0.3) is 11.5 Å². The number of esters is 1. The van der Waals surface area contributed by atoms with Crippen LogP contribution in [0, 0.1) is 0 Å². The molecule has 0 aliphatic carbocycles. The molecule has 1 N–H and O–H groups in total. The molecule has 29 heavy (non-hydrogen) atoms. The van der Waals surface area contributed by atoms with Crippen LogP contribution in [-0.2, 0) is 34.0 Å². The molecule has 0 fully saturated rings. The standard InChI is InChI=1S/C20H21N5O4/c1-2-28-18(26)13-25-17(23-19(24-25)16-10-6-7-11-21-16)12-22-20(27)29-14-15-8-4-3-5-9-15/h3-11H,2,12-14H2,1H3,(H,22,27). The van der Waals surface area contributed by atoms with Gasteiger partial charge in [0.2, 0.25) is 0 Å². The lowest BCUT2D eigenvalue weighted by atomic mass is 10.2. The molecule has 3 rings (SSSR count). The van der Waals surface area contributed by atoms with Gasteiger partial charge in [0.25, 0.3) is 0 Å². The molecule has 0 aliphatic heterocycles. The maximum Gasteiger partial charge on any atom is 0.407 e. The predicted octanol–water partition coefficient (Wildman–Crippen LogP) is 2.33. The van der Waals surface area contributed by atoms with Gasteiger partial charge < -0.3 is 14.8 Å². The molecular weight excluding hydrogens is 374 g/mol. The number of hydrogen-bond acceptors (Lipinski definition) is 7. The molecule has 150 valence electrons. The molecule has 2 heterocycles. The molecular formula is C20H21N5O4. The number of aromatic nitrogens is 4. The zero-order chi connectivity index (χ0) is 20.5. The highest BCUT2D eigenvalue weighted by Crippen LogP contribution is 2.12. The first-order valence-corrected chi connectivity index (χ1v) is 9.11. The summed E-state index contributed by atoms with van der Waals surface area (Å²) >= 11 is 0. The number of alkyl carbamates (subject to hydrolysis) is 1. The van der Waals surface area contributed by atoms with Crippen molar-refractivity contribution in [2.24, 2.45) is 0 Å². The lowest BCUT2D eigenvalue weighted by Crippen LogP contribution is -2.26. The van der Waals surface area contributed by atoms with E-state index in [2.05, 4.69) is 20.4 Å². The molecule has 0 saturated heterocycles. The van der Waals surface area contributed by atoms with E-state index < -0.39 is 12.1 Å². The number of nitrogens with zero attached hydrogens (tertiary/aromatic N) is 4. The summed E-state index contributed by atoms with van der Waals surface area (Å²) in [5.41, 5.74) is 1.44. The highest BCUT2D eigenvalue weighted by molar-refractivity contribution is 5.69. The average Bonchev–Trinajstić information content (AvgIpc) is 3.15. The Labute approximate surface area is 167 Å². The fraction of sp³-hybridized carbons (Fsp3) is 0.250. The van der Waals surface area contributed by atoms with Gasteiger partial charge in [0, 0.05) is 6.20 Å². The van der Waals surface area contributed by atoms with Crippen molar-refractivity contribution in [2.75, 3.05) is 6.61 Å². The molecule has 0 radical (unpaired) electrons. The Morgan fingerprint density at radius 3 is 2.59 bits per heavy atom. The third-order valence-electron chi connectivity index (χ3n) is 3.83. The Morgan fingerprint density at radius 2 is 1.86 bits per heavy atom. The minimum absolute atomic E-state index is 0.0346. The Kier molecular flexibility index (Phi) is 6.88. The number of ether oxygens (including phenoxy) is 2. The Bertz CT molecular complexity index is 944. The van der Waals surface area contributed by atoms with Crippen LogP contribution in [0.3, 0.4) is 0 Å². The molecule has 0 unspecified atom stereocenters. The molecule has 9 nitrogen and oxygen atoms in total. The molecule has 0 aliphatic rings. The quantitative estimate of drug-likeness (QED) is 0.583. The van der Waals surface area contributed by atoms with Crippen LogP contribution < -0.4 is 5.32 Å². The van der Waals surface area contributed by atoms with Crippen LogP contribution in [-0.4, -0.2) is 38.4 Å². The molecule has 0 saturated carbocycles. The van der Waals surface area contributed by atoms with Crippen LogP contribution in [0.1, 0.15) is 18.3 Å². The van der Waals surface area contributed by atoms with Gasteiger partial charge in [-0.15, -0.1) is 5.10 Å². The van der Waals surface area contributed by atoms with Crippen molar-refractivity contribution in [1.29, 1.82) is 0 Å². The second-order valence-corrected chi connectivity index (χ2v) is 5.94. The number of nitrogens with one attached hydrogen (secondary N) is 1. The second kappa shape index (κ2) is 9.98. The molecule has 0 spiro atoms. The summed E-state index contributed by atoms with van der Waals surface area (Å²) in [4.78, 5) is 32.5. The molecule has 2 aromatic heterocycles. The first-order chi connectivity index (χ1) is 14.2. The van der Waals surface area contributed by atoms with Gasteiger partial charge >= 0.3 is 12.1 Å². The average molecular weight is 395 g/mol. The van der Waals surface area contributed by atoms with Crippen molar-refractivity contribution in [2.45, 2.75) is 26.6 Å². The van der Waals surface area contributed by atoms with Gasteiger partial charge in [-0.1, -0.05) is 36.4 Å². The van der Waals surface area contributed by atoms with Crippen LogP contribution in [0.5, 0.6) is 0 Å². The van der Waals surface area contributed by atoms with Crippen molar-refractivity contribution in [3.8, 4) is 11.5 Å². The summed E-state index contributed by atoms with van der Waals surface area (Å²) in [7, 11) is 0. The van der Waals surface area contributed by atoms with E-state index in [1.165, 1.54) is 4.68 Å². The number of carbonyl (C=O) groups is 2. The molecule has 1 amide bonds. The second-order valence-electron chi connectivity index (χ2n) is 5.94. The zero-order valence-corrected chi connectivity index (χ0v) is 15.9. The largest absolute Gasteiger partial charge is 0.465 e. The fourth-order valence-corrected chi connectivity index (χ4v) is 2.49. The number of rotatable bonds is 8. The van der Waals surface area contributed by atoms with Crippen molar-refractivity contribution in [1.82, 2.24) is 25.1 Å². The smallest absolute Gasteiger partial charge is 0.407 e. The van der Waals surface area contributed by atoms with Crippen LogP contribution >= 0.6 is 0 Å². The van der Waals surface area contributed by atoms with Crippen LogP contribution in [0.2, 0.25) is 0 Å². The molecule has 1 aromatic carbocycles. The summed E-state index contributed by atoms with van der Waals surface area (Å²) in [6.45, 7) is 2.06. The van der Waals surface area contributed by atoms with E-state index in [1.54, 1.807) is 25.3 Å². The molecule has 3 aromatic rings. The highest BCUT2D eigenvalue weighted by atomic mass is 16.5. The number of pyridine rings is 1. The van der Waals surface area contributed by atoms with Gasteiger partial charge in [0.15, 0.2) is 5.82 Å². The predicted molar refractivity (Wildman–Crippen MR) is 103 cm³/mol. The van der Waals surface area contributed by atoms with Crippen molar-refractivity contribution in [3.63, 3.8) is 0 Å². The number of benzene rings is 1. The third kappa shape index (κ3) is 5.86. The maximum absolute atomic E-state index is 12.0. The lowest BCUT2D eigenvalue weighted by molar-refractivity contribution is -0.144. The van der Waals surface area contributed by atoms with E-state index in [-0.39, 0.29) is 26.3 Å². The van der Waals surface area contributed by atoms with E-state index in [4.69, 9.17) is 9.47 Å². The van der Waals surface area contributed by atoms with Gasteiger partial charge in [-0.05, 0) is 24.6 Å². The minimum Gasteiger partial charge on any atom is -0.465 e. The number of hydrogen-bond donors (Lipinski definition) is 1. The van der Waals surface area contributed by atoms with Crippen molar-refractivity contribution in [3.05, 3.63) is 66.1 Å². The Hall–Kier alpha value is -3.75. The van der Waals surface area contributed by atoms with Gasteiger partial charge in [-0.2, -0.15) is 0 Å². The summed E-state index contributed by atoms with van der Waals surface area (Å²) < 4.78 is 11.6. The van der Waals surface area contributed by atoms with Gasteiger partial charge in [-0.3, -0.25) is 9.78 Å². The topological polar surface area (TPSA) is 108 Å². The Balaban J connectivity index is 1.66.